The van der Waals surface area contributed by atoms with E-state index in [4.69, 9.17) is 11.5 Å². The third kappa shape index (κ3) is 4.99. The summed E-state index contributed by atoms with van der Waals surface area (Å²) in [5, 5.41) is 0. The lowest BCUT2D eigenvalue weighted by atomic mass is 10.1. The molecular weight excluding hydrogens is 404 g/mol. The lowest BCUT2D eigenvalue weighted by Gasteiger charge is -2.04. The molecule has 0 saturated heterocycles. The van der Waals surface area contributed by atoms with E-state index in [1.54, 1.807) is 49.1 Å². The molecule has 2 amide bonds. The maximum Gasteiger partial charge on any atom is 0.254 e. The largest absolute Gasteiger partial charge is 0.365 e. The van der Waals surface area contributed by atoms with Crippen molar-refractivity contribution in [2.75, 3.05) is 0 Å². The quantitative estimate of drug-likeness (QED) is 0.429. The SMILES string of the molecule is NC(=O)c1ccc[n+](Cc2ccc(-c3ccc(C[n+]4cccc(C(N)=O)c4)cn3)nc2)c1. The highest BCUT2D eigenvalue weighted by Crippen LogP contribution is 2.15. The van der Waals surface area contributed by atoms with Crippen LogP contribution in [0.3, 0.4) is 0 Å². The Balaban J connectivity index is 1.44. The van der Waals surface area contributed by atoms with Crippen molar-refractivity contribution in [3.8, 4) is 11.4 Å². The molecule has 4 N–H and O–H groups in total. The maximum atomic E-state index is 11.3. The van der Waals surface area contributed by atoms with Gasteiger partial charge in [-0.1, -0.05) is 0 Å². The third-order valence-electron chi connectivity index (χ3n) is 4.93. The summed E-state index contributed by atoms with van der Waals surface area (Å²) < 4.78 is 3.77. The van der Waals surface area contributed by atoms with E-state index in [-0.39, 0.29) is 0 Å². The summed E-state index contributed by atoms with van der Waals surface area (Å²) >= 11 is 0. The number of rotatable bonds is 7. The van der Waals surface area contributed by atoms with Gasteiger partial charge in [0.05, 0.1) is 11.4 Å². The molecule has 8 heteroatoms. The minimum Gasteiger partial charge on any atom is -0.365 e. The van der Waals surface area contributed by atoms with Crippen LogP contribution in [0.15, 0.2) is 85.7 Å². The van der Waals surface area contributed by atoms with Crippen molar-refractivity contribution >= 4 is 11.8 Å². The Kier molecular flexibility index (Phi) is 5.94. The minimum absolute atomic E-state index is 0.457. The number of carbonyl (C=O) groups is 2. The van der Waals surface area contributed by atoms with E-state index in [0.717, 1.165) is 22.5 Å². The Morgan fingerprint density at radius 2 is 1.12 bits per heavy atom. The number of hydrogen-bond donors (Lipinski definition) is 2. The Bertz CT molecular complexity index is 1170. The van der Waals surface area contributed by atoms with E-state index in [9.17, 15) is 9.59 Å². The van der Waals surface area contributed by atoms with E-state index < -0.39 is 11.8 Å². The predicted molar refractivity (Wildman–Crippen MR) is 116 cm³/mol. The topological polar surface area (TPSA) is 120 Å². The van der Waals surface area contributed by atoms with Gasteiger partial charge >= 0.3 is 0 Å². The molecule has 158 valence electrons. The second kappa shape index (κ2) is 9.13. The molecule has 0 saturated carbocycles. The zero-order valence-corrected chi connectivity index (χ0v) is 17.3. The molecule has 4 rings (SSSR count). The number of pyridine rings is 4. The standard InChI is InChI=1S/C24H20N6O2/c25-23(31)19-3-1-9-29(15-19)13-17-5-7-21(27-11-17)22-8-6-18(12-28-22)14-30-10-2-4-20(16-30)24(26)32/h1-12,15-16H,13-14H2,(H2-2,25,26,31,32)/p+2. The van der Waals surface area contributed by atoms with Crippen LogP contribution in [-0.2, 0) is 13.1 Å². The molecule has 0 aromatic carbocycles. The van der Waals surface area contributed by atoms with Gasteiger partial charge in [0, 0.05) is 35.7 Å². The van der Waals surface area contributed by atoms with Crippen LogP contribution in [0, 0.1) is 0 Å². The fourth-order valence-corrected chi connectivity index (χ4v) is 3.29. The average molecular weight is 426 g/mol. The lowest BCUT2D eigenvalue weighted by molar-refractivity contribution is -0.688. The van der Waals surface area contributed by atoms with Crippen LogP contribution in [0.2, 0.25) is 0 Å². The molecule has 4 heterocycles. The summed E-state index contributed by atoms with van der Waals surface area (Å²) in [5.41, 5.74) is 15.1. The molecule has 32 heavy (non-hydrogen) atoms. The molecule has 4 aromatic heterocycles. The van der Waals surface area contributed by atoms with Gasteiger partial charge in [0.25, 0.3) is 11.8 Å². The second-order valence-corrected chi connectivity index (χ2v) is 7.36. The molecule has 0 aliphatic rings. The summed E-state index contributed by atoms with van der Waals surface area (Å²) in [7, 11) is 0. The van der Waals surface area contributed by atoms with Crippen molar-refractivity contribution in [1.29, 1.82) is 0 Å². The van der Waals surface area contributed by atoms with Crippen molar-refractivity contribution in [1.82, 2.24) is 9.97 Å². The molecular formula is C24H22N6O2+2. The highest BCUT2D eigenvalue weighted by Gasteiger charge is 2.11. The molecule has 8 nitrogen and oxygen atoms in total. The summed E-state index contributed by atoms with van der Waals surface area (Å²) in [6.45, 7) is 1.14. The fraction of sp³-hybridized carbons (Fsp3) is 0.0833. The first kappa shape index (κ1) is 20.8. The highest BCUT2D eigenvalue weighted by molar-refractivity contribution is 5.92. The Labute approximate surface area is 184 Å². The van der Waals surface area contributed by atoms with E-state index in [1.807, 2.05) is 45.8 Å². The molecule has 4 aromatic rings. The first-order valence-electron chi connectivity index (χ1n) is 9.96. The van der Waals surface area contributed by atoms with E-state index >= 15 is 0 Å². The molecule has 0 aliphatic carbocycles. The first-order chi connectivity index (χ1) is 15.5. The van der Waals surface area contributed by atoms with Gasteiger partial charge in [-0.05, 0) is 36.4 Å². The van der Waals surface area contributed by atoms with Crippen LogP contribution in [0.4, 0.5) is 0 Å². The van der Waals surface area contributed by atoms with Gasteiger partial charge in [-0.2, -0.15) is 9.13 Å². The minimum atomic E-state index is -0.457. The van der Waals surface area contributed by atoms with Gasteiger partial charge in [-0.15, -0.1) is 0 Å². The van der Waals surface area contributed by atoms with Crippen molar-refractivity contribution in [3.63, 3.8) is 0 Å². The number of amides is 2. The van der Waals surface area contributed by atoms with Gasteiger partial charge in [0.1, 0.15) is 11.1 Å². The zero-order chi connectivity index (χ0) is 22.5. The van der Waals surface area contributed by atoms with Gasteiger partial charge in [0.2, 0.25) is 0 Å². The molecule has 0 unspecified atom stereocenters. The summed E-state index contributed by atoms with van der Waals surface area (Å²) in [5.74, 6) is -0.914. The number of hydrogen-bond acceptors (Lipinski definition) is 4. The highest BCUT2D eigenvalue weighted by atomic mass is 16.1. The molecule has 0 radical (unpaired) electrons. The van der Waals surface area contributed by atoms with Crippen LogP contribution in [0.1, 0.15) is 31.8 Å². The summed E-state index contributed by atoms with van der Waals surface area (Å²) in [6.07, 6.45) is 10.8. The summed E-state index contributed by atoms with van der Waals surface area (Å²) in [4.78, 5) is 31.7. The lowest BCUT2D eigenvalue weighted by Crippen LogP contribution is -2.35. The molecule has 0 atom stereocenters. The molecule has 0 bridgehead atoms. The zero-order valence-electron chi connectivity index (χ0n) is 17.3. The number of aromatic nitrogens is 4. The number of nitrogens with two attached hydrogens (primary N) is 2. The number of nitrogens with zero attached hydrogens (tertiary/aromatic N) is 4. The smallest absolute Gasteiger partial charge is 0.254 e. The van der Waals surface area contributed by atoms with Gasteiger partial charge in [-0.3, -0.25) is 19.6 Å². The van der Waals surface area contributed by atoms with Crippen LogP contribution < -0.4 is 20.6 Å². The van der Waals surface area contributed by atoms with E-state index in [1.165, 1.54) is 0 Å². The van der Waals surface area contributed by atoms with Gasteiger partial charge in [0.15, 0.2) is 37.9 Å². The van der Waals surface area contributed by atoms with Crippen molar-refractivity contribution in [2.45, 2.75) is 13.1 Å². The van der Waals surface area contributed by atoms with E-state index in [2.05, 4.69) is 9.97 Å². The van der Waals surface area contributed by atoms with Crippen LogP contribution in [0.25, 0.3) is 11.4 Å². The Morgan fingerprint density at radius 3 is 1.47 bits per heavy atom. The Morgan fingerprint density at radius 1 is 0.688 bits per heavy atom. The van der Waals surface area contributed by atoms with Crippen LogP contribution in [0.5, 0.6) is 0 Å². The first-order valence-corrected chi connectivity index (χ1v) is 9.96. The van der Waals surface area contributed by atoms with Gasteiger partial charge in [-0.25, -0.2) is 0 Å². The Hall–Kier alpha value is -4.46. The molecule has 0 fully saturated rings. The summed E-state index contributed by atoms with van der Waals surface area (Å²) in [6, 6.07) is 14.7. The van der Waals surface area contributed by atoms with Gasteiger partial charge < -0.3 is 11.5 Å². The van der Waals surface area contributed by atoms with E-state index in [0.29, 0.717) is 24.2 Å². The van der Waals surface area contributed by atoms with Crippen molar-refractivity contribution in [2.24, 2.45) is 11.5 Å². The number of carbonyl (C=O) groups excluding carboxylic acids is 2. The maximum absolute atomic E-state index is 11.3. The third-order valence-corrected chi connectivity index (χ3v) is 4.93. The van der Waals surface area contributed by atoms with Crippen molar-refractivity contribution < 1.29 is 18.7 Å². The predicted octanol–water partition coefficient (Wildman–Crippen LogP) is 1.01. The van der Waals surface area contributed by atoms with Crippen molar-refractivity contribution in [3.05, 3.63) is 108 Å². The monoisotopic (exact) mass is 426 g/mol. The van der Waals surface area contributed by atoms with Crippen LogP contribution >= 0.6 is 0 Å². The average Bonchev–Trinajstić information content (AvgIpc) is 2.80. The second-order valence-electron chi connectivity index (χ2n) is 7.36. The molecule has 0 spiro atoms. The van der Waals surface area contributed by atoms with Crippen LogP contribution in [-0.4, -0.2) is 21.8 Å². The normalized spacial score (nSPS) is 10.6. The fourth-order valence-electron chi connectivity index (χ4n) is 3.29. The molecule has 0 aliphatic heterocycles. The number of primary amides is 2.